The second kappa shape index (κ2) is 4.87. The number of allylic oxidation sites excluding steroid dienone is 1. The minimum atomic E-state index is 0.536. The third-order valence-corrected chi connectivity index (χ3v) is 2.29. The molecular formula is C9H13N3S. The lowest BCUT2D eigenvalue weighted by Gasteiger charge is -2.00. The lowest BCUT2D eigenvalue weighted by molar-refractivity contribution is 0.939. The van der Waals surface area contributed by atoms with Crippen LogP contribution in [-0.2, 0) is 0 Å². The summed E-state index contributed by atoms with van der Waals surface area (Å²) in [7, 11) is 0. The molecule has 0 aliphatic rings. The summed E-state index contributed by atoms with van der Waals surface area (Å²) < 4.78 is 0. The summed E-state index contributed by atoms with van der Waals surface area (Å²) >= 11 is 1.60. The maximum Gasteiger partial charge on any atom is 0.189 e. The van der Waals surface area contributed by atoms with E-state index in [0.717, 1.165) is 23.0 Å². The second-order valence-electron chi connectivity index (χ2n) is 2.64. The molecule has 0 amide bonds. The van der Waals surface area contributed by atoms with Crippen LogP contribution < -0.4 is 5.73 Å². The molecule has 0 saturated carbocycles. The van der Waals surface area contributed by atoms with Crippen molar-refractivity contribution in [2.75, 3.05) is 11.5 Å². The summed E-state index contributed by atoms with van der Waals surface area (Å²) in [6.07, 6.45) is 2.84. The zero-order valence-corrected chi connectivity index (χ0v) is 8.47. The molecule has 4 heteroatoms. The third-order valence-electron chi connectivity index (χ3n) is 1.41. The largest absolute Gasteiger partial charge is 0.384 e. The maximum absolute atomic E-state index is 5.58. The van der Waals surface area contributed by atoms with Crippen molar-refractivity contribution < 1.29 is 0 Å². The summed E-state index contributed by atoms with van der Waals surface area (Å²) in [4.78, 5) is 8.34. The molecule has 70 valence electrons. The van der Waals surface area contributed by atoms with Gasteiger partial charge in [0.05, 0.1) is 0 Å². The van der Waals surface area contributed by atoms with Gasteiger partial charge in [-0.3, -0.25) is 0 Å². The highest BCUT2D eigenvalue weighted by Gasteiger charge is 1.99. The summed E-state index contributed by atoms with van der Waals surface area (Å²) in [5.74, 6) is 1.49. The Morgan fingerprint density at radius 2 is 2.38 bits per heavy atom. The van der Waals surface area contributed by atoms with Crippen LogP contribution in [0.25, 0.3) is 0 Å². The van der Waals surface area contributed by atoms with Crippen LogP contribution in [0.4, 0.5) is 5.82 Å². The van der Waals surface area contributed by atoms with Crippen molar-refractivity contribution in [1.29, 1.82) is 0 Å². The number of hydrogen-bond donors (Lipinski definition) is 1. The number of rotatable bonds is 4. The first-order valence-corrected chi connectivity index (χ1v) is 5.06. The van der Waals surface area contributed by atoms with E-state index < -0.39 is 0 Å². The van der Waals surface area contributed by atoms with Crippen LogP contribution in [0, 0.1) is 6.92 Å². The fourth-order valence-electron chi connectivity index (χ4n) is 0.863. The van der Waals surface area contributed by atoms with E-state index in [1.54, 1.807) is 17.8 Å². The zero-order chi connectivity index (χ0) is 9.68. The summed E-state index contributed by atoms with van der Waals surface area (Å²) in [6, 6.07) is 1.76. The molecular weight excluding hydrogens is 182 g/mol. The van der Waals surface area contributed by atoms with E-state index in [4.69, 9.17) is 5.73 Å². The van der Waals surface area contributed by atoms with Gasteiger partial charge in [-0.2, -0.15) is 0 Å². The van der Waals surface area contributed by atoms with Crippen molar-refractivity contribution >= 4 is 17.6 Å². The topological polar surface area (TPSA) is 51.8 Å². The first kappa shape index (κ1) is 10.1. The highest BCUT2D eigenvalue weighted by Crippen LogP contribution is 2.15. The number of aromatic nitrogens is 2. The normalized spacial score (nSPS) is 9.92. The number of aryl methyl sites for hydroxylation is 1. The van der Waals surface area contributed by atoms with Gasteiger partial charge in [0.1, 0.15) is 5.82 Å². The second-order valence-corrected chi connectivity index (χ2v) is 3.70. The van der Waals surface area contributed by atoms with Gasteiger partial charge < -0.3 is 5.73 Å². The van der Waals surface area contributed by atoms with Crippen LogP contribution in [0.5, 0.6) is 0 Å². The third kappa shape index (κ3) is 3.46. The predicted octanol–water partition coefficient (Wildman–Crippen LogP) is 2.04. The first-order chi connectivity index (χ1) is 6.22. The Hall–Kier alpha value is -1.03. The lowest BCUT2D eigenvalue weighted by Crippen LogP contribution is -1.96. The summed E-state index contributed by atoms with van der Waals surface area (Å²) in [6.45, 7) is 5.56. The standard InChI is InChI=1S/C9H13N3S/c1-3-4-5-13-9-11-7(2)6-8(10)12-9/h3,6H,1,4-5H2,2H3,(H2,10,11,12). The fourth-order valence-corrected chi connectivity index (χ4v) is 1.71. The van der Waals surface area contributed by atoms with Gasteiger partial charge in [0, 0.05) is 17.5 Å². The van der Waals surface area contributed by atoms with Gasteiger partial charge in [-0.25, -0.2) is 9.97 Å². The highest BCUT2D eigenvalue weighted by atomic mass is 32.2. The molecule has 0 aromatic carbocycles. The molecule has 2 N–H and O–H groups in total. The number of nitrogen functional groups attached to an aromatic ring is 1. The van der Waals surface area contributed by atoms with Crippen molar-refractivity contribution in [3.63, 3.8) is 0 Å². The monoisotopic (exact) mass is 195 g/mol. The number of hydrogen-bond acceptors (Lipinski definition) is 4. The molecule has 0 saturated heterocycles. The predicted molar refractivity (Wildman–Crippen MR) is 56.7 cm³/mol. The lowest BCUT2D eigenvalue weighted by atomic mass is 10.4. The van der Waals surface area contributed by atoms with Crippen molar-refractivity contribution in [1.82, 2.24) is 9.97 Å². The molecule has 0 unspecified atom stereocenters. The molecule has 0 bridgehead atoms. The van der Waals surface area contributed by atoms with Crippen LogP contribution in [0.15, 0.2) is 23.9 Å². The smallest absolute Gasteiger partial charge is 0.189 e. The average molecular weight is 195 g/mol. The molecule has 0 fully saturated rings. The number of nitrogens with zero attached hydrogens (tertiary/aromatic N) is 2. The van der Waals surface area contributed by atoms with E-state index >= 15 is 0 Å². The van der Waals surface area contributed by atoms with Gasteiger partial charge in [-0.1, -0.05) is 17.8 Å². The van der Waals surface area contributed by atoms with Crippen LogP contribution in [0.3, 0.4) is 0 Å². The van der Waals surface area contributed by atoms with Gasteiger partial charge in [0.15, 0.2) is 5.16 Å². The van der Waals surface area contributed by atoms with E-state index in [2.05, 4.69) is 16.5 Å². The minimum absolute atomic E-state index is 0.536. The Morgan fingerprint density at radius 3 is 3.00 bits per heavy atom. The van der Waals surface area contributed by atoms with Crippen molar-refractivity contribution in [3.8, 4) is 0 Å². The number of nitrogens with two attached hydrogens (primary N) is 1. The van der Waals surface area contributed by atoms with Gasteiger partial charge in [-0.15, -0.1) is 6.58 Å². The van der Waals surface area contributed by atoms with Crippen LogP contribution in [0.2, 0.25) is 0 Å². The Kier molecular flexibility index (Phi) is 3.76. The summed E-state index contributed by atoms with van der Waals surface area (Å²) in [5, 5.41) is 0.749. The molecule has 0 aliphatic heterocycles. The van der Waals surface area contributed by atoms with Crippen molar-refractivity contribution in [2.24, 2.45) is 0 Å². The van der Waals surface area contributed by atoms with Crippen molar-refractivity contribution in [2.45, 2.75) is 18.5 Å². The van der Waals surface area contributed by atoms with Gasteiger partial charge in [-0.05, 0) is 13.3 Å². The SMILES string of the molecule is C=CCCSc1nc(C)cc(N)n1. The molecule has 1 heterocycles. The molecule has 13 heavy (non-hydrogen) atoms. The molecule has 0 atom stereocenters. The number of anilines is 1. The number of thioether (sulfide) groups is 1. The maximum atomic E-state index is 5.58. The zero-order valence-electron chi connectivity index (χ0n) is 7.66. The van der Waals surface area contributed by atoms with E-state index in [9.17, 15) is 0 Å². The Bertz CT molecular complexity index is 279. The molecule has 1 rings (SSSR count). The van der Waals surface area contributed by atoms with Crippen LogP contribution in [-0.4, -0.2) is 15.7 Å². The molecule has 1 aromatic rings. The van der Waals surface area contributed by atoms with Gasteiger partial charge in [0.2, 0.25) is 0 Å². The van der Waals surface area contributed by atoms with Crippen LogP contribution in [0.1, 0.15) is 12.1 Å². The van der Waals surface area contributed by atoms with Crippen LogP contribution >= 0.6 is 11.8 Å². The van der Waals surface area contributed by atoms with E-state index in [1.165, 1.54) is 0 Å². The quantitative estimate of drug-likeness (QED) is 0.346. The Balaban J connectivity index is 2.60. The summed E-state index contributed by atoms with van der Waals surface area (Å²) in [5.41, 5.74) is 6.49. The van der Waals surface area contributed by atoms with Gasteiger partial charge >= 0.3 is 0 Å². The molecule has 0 radical (unpaired) electrons. The first-order valence-electron chi connectivity index (χ1n) is 4.07. The molecule has 1 aromatic heterocycles. The Morgan fingerprint density at radius 1 is 1.62 bits per heavy atom. The highest BCUT2D eigenvalue weighted by molar-refractivity contribution is 7.99. The van der Waals surface area contributed by atoms with E-state index in [-0.39, 0.29) is 0 Å². The molecule has 0 aliphatic carbocycles. The fraction of sp³-hybridized carbons (Fsp3) is 0.333. The minimum Gasteiger partial charge on any atom is -0.384 e. The molecule has 3 nitrogen and oxygen atoms in total. The molecule has 0 spiro atoms. The van der Waals surface area contributed by atoms with Gasteiger partial charge in [0.25, 0.3) is 0 Å². The average Bonchev–Trinajstić information content (AvgIpc) is 2.03. The van der Waals surface area contributed by atoms with E-state index in [1.807, 2.05) is 13.0 Å². The Labute approximate surface area is 82.5 Å². The van der Waals surface area contributed by atoms with Crippen molar-refractivity contribution in [3.05, 3.63) is 24.4 Å². The van der Waals surface area contributed by atoms with E-state index in [0.29, 0.717) is 5.82 Å².